The number of aryl methyl sites for hydroxylation is 1. The Morgan fingerprint density at radius 1 is 1.22 bits per heavy atom. The predicted octanol–water partition coefficient (Wildman–Crippen LogP) is 2.07. The van der Waals surface area contributed by atoms with Gasteiger partial charge in [-0.3, -0.25) is 9.59 Å². The quantitative estimate of drug-likeness (QED) is 0.441. The molecule has 1 unspecified atom stereocenters. The highest BCUT2D eigenvalue weighted by Crippen LogP contribution is 2.25. The Morgan fingerprint density at radius 2 is 1.94 bits per heavy atom. The molecule has 0 aliphatic carbocycles. The van der Waals surface area contributed by atoms with Crippen molar-refractivity contribution < 1.29 is 28.2 Å². The van der Waals surface area contributed by atoms with Gasteiger partial charge in [0, 0.05) is 18.0 Å². The fourth-order valence-electron chi connectivity index (χ4n) is 2.90. The van der Waals surface area contributed by atoms with E-state index in [0.29, 0.717) is 16.5 Å². The fourth-order valence-corrected chi connectivity index (χ4v) is 3.04. The fraction of sp³-hybridized carbons (Fsp3) is 0.227. The molecule has 1 atom stereocenters. The Balaban J connectivity index is 1.55. The molecule has 2 aromatic carbocycles. The number of hydrogen-bond donors (Lipinski definition) is 3. The van der Waals surface area contributed by atoms with Crippen LogP contribution in [0.3, 0.4) is 0 Å². The molecule has 10 heteroatoms. The van der Waals surface area contributed by atoms with Crippen molar-refractivity contribution in [1.29, 1.82) is 0 Å². The highest BCUT2D eigenvalue weighted by molar-refractivity contribution is 6.31. The van der Waals surface area contributed by atoms with Crippen LogP contribution in [-0.2, 0) is 16.1 Å². The van der Waals surface area contributed by atoms with Crippen molar-refractivity contribution in [3.05, 3.63) is 74.9 Å². The van der Waals surface area contributed by atoms with Gasteiger partial charge >= 0.3 is 5.63 Å². The van der Waals surface area contributed by atoms with E-state index >= 15 is 0 Å². The first-order valence-corrected chi connectivity index (χ1v) is 9.94. The average molecular weight is 463 g/mol. The summed E-state index contributed by atoms with van der Waals surface area (Å²) in [7, 11) is 0. The number of ether oxygens (including phenoxy) is 1. The van der Waals surface area contributed by atoms with E-state index in [1.807, 2.05) is 0 Å². The lowest BCUT2D eigenvalue weighted by molar-refractivity contribution is -0.131. The first-order chi connectivity index (χ1) is 15.3. The molecule has 8 nitrogen and oxygen atoms in total. The van der Waals surface area contributed by atoms with E-state index in [1.54, 1.807) is 19.1 Å². The zero-order chi connectivity index (χ0) is 23.3. The van der Waals surface area contributed by atoms with Gasteiger partial charge in [0.05, 0.1) is 6.61 Å². The monoisotopic (exact) mass is 462 g/mol. The Hall–Kier alpha value is -3.43. The molecule has 1 aromatic heterocycles. The van der Waals surface area contributed by atoms with Gasteiger partial charge in [0.25, 0.3) is 5.91 Å². The van der Waals surface area contributed by atoms with E-state index in [9.17, 15) is 23.9 Å². The summed E-state index contributed by atoms with van der Waals surface area (Å²) in [5.74, 6) is -1.38. The molecule has 2 amide bonds. The van der Waals surface area contributed by atoms with E-state index in [2.05, 4.69) is 10.6 Å². The van der Waals surface area contributed by atoms with Crippen molar-refractivity contribution in [1.82, 2.24) is 10.6 Å². The number of carbonyl (C=O) groups excluding carboxylic acids is 2. The van der Waals surface area contributed by atoms with Gasteiger partial charge in [-0.2, -0.15) is 0 Å². The highest BCUT2D eigenvalue weighted by Gasteiger charge is 2.20. The molecule has 0 saturated heterocycles. The van der Waals surface area contributed by atoms with E-state index in [1.165, 1.54) is 30.3 Å². The van der Waals surface area contributed by atoms with Gasteiger partial charge in [0.15, 0.2) is 6.61 Å². The third-order valence-corrected chi connectivity index (χ3v) is 5.09. The number of amides is 2. The molecule has 0 bridgehead atoms. The van der Waals surface area contributed by atoms with Gasteiger partial charge in [0.2, 0.25) is 5.91 Å². The predicted molar refractivity (Wildman–Crippen MR) is 115 cm³/mol. The molecule has 0 aliphatic rings. The van der Waals surface area contributed by atoms with Crippen molar-refractivity contribution in [2.75, 3.05) is 13.2 Å². The molecule has 168 valence electrons. The Labute approximate surface area is 186 Å². The van der Waals surface area contributed by atoms with E-state index in [-0.39, 0.29) is 22.9 Å². The standard InChI is InChI=1S/C22H20ClFN2O6/c1-12-16-7-6-15(8-18(16)32-22(30)20(12)23)31-11-19(28)26-17(10-27)21(29)25-9-13-2-4-14(24)5-3-13/h2-8,17,27H,9-11H2,1H3,(H,25,29)(H,26,28). The maximum atomic E-state index is 12.9. The number of halogens is 2. The van der Waals surface area contributed by atoms with Gasteiger partial charge in [-0.05, 0) is 42.3 Å². The number of carbonyl (C=O) groups is 2. The second-order valence-corrected chi connectivity index (χ2v) is 7.30. The average Bonchev–Trinajstić information content (AvgIpc) is 2.79. The molecule has 3 rings (SSSR count). The summed E-state index contributed by atoms with van der Waals surface area (Å²) in [6, 6.07) is 9.03. The largest absolute Gasteiger partial charge is 0.484 e. The van der Waals surface area contributed by atoms with Crippen LogP contribution >= 0.6 is 11.6 Å². The lowest BCUT2D eigenvalue weighted by Gasteiger charge is -2.16. The summed E-state index contributed by atoms with van der Waals surface area (Å²) >= 11 is 5.89. The second-order valence-electron chi connectivity index (χ2n) is 6.92. The first kappa shape index (κ1) is 23.2. The number of nitrogens with one attached hydrogen (secondary N) is 2. The molecule has 0 fully saturated rings. The smallest absolute Gasteiger partial charge is 0.355 e. The molecule has 1 heterocycles. The molecule has 0 saturated carbocycles. The third kappa shape index (κ3) is 5.63. The van der Waals surface area contributed by atoms with Gasteiger partial charge in [-0.1, -0.05) is 23.7 Å². The maximum absolute atomic E-state index is 12.9. The highest BCUT2D eigenvalue weighted by atomic mass is 35.5. The van der Waals surface area contributed by atoms with E-state index in [4.69, 9.17) is 20.8 Å². The van der Waals surface area contributed by atoms with Crippen LogP contribution in [0.1, 0.15) is 11.1 Å². The second kappa shape index (κ2) is 10.3. The van der Waals surface area contributed by atoms with Crippen LogP contribution in [0.4, 0.5) is 4.39 Å². The Bertz CT molecular complexity index is 1200. The van der Waals surface area contributed by atoms with Crippen LogP contribution in [0.15, 0.2) is 51.7 Å². The van der Waals surface area contributed by atoms with Gasteiger partial charge in [-0.25, -0.2) is 9.18 Å². The summed E-state index contributed by atoms with van der Waals surface area (Å²) in [6.07, 6.45) is 0. The SMILES string of the molecule is Cc1c(Cl)c(=O)oc2cc(OCC(=O)NC(CO)C(=O)NCc3ccc(F)cc3)ccc12. The maximum Gasteiger partial charge on any atom is 0.355 e. The zero-order valence-corrected chi connectivity index (χ0v) is 17.7. The number of hydrogen-bond acceptors (Lipinski definition) is 6. The summed E-state index contributed by atoms with van der Waals surface area (Å²) in [5.41, 5.74) is 0.803. The summed E-state index contributed by atoms with van der Waals surface area (Å²) in [5, 5.41) is 15.0. The van der Waals surface area contributed by atoms with Crippen LogP contribution in [-0.4, -0.2) is 36.2 Å². The molecule has 3 aromatic rings. The van der Waals surface area contributed by atoms with E-state index in [0.717, 1.165) is 0 Å². The van der Waals surface area contributed by atoms with Crippen LogP contribution in [0.2, 0.25) is 5.02 Å². The van der Waals surface area contributed by atoms with Gasteiger partial charge in [-0.15, -0.1) is 0 Å². The van der Waals surface area contributed by atoms with Crippen molar-refractivity contribution in [2.45, 2.75) is 19.5 Å². The Morgan fingerprint density at radius 3 is 2.62 bits per heavy atom. The molecular formula is C22H20ClFN2O6. The van der Waals surface area contributed by atoms with Crippen LogP contribution in [0.25, 0.3) is 11.0 Å². The number of fused-ring (bicyclic) bond motifs is 1. The van der Waals surface area contributed by atoms with Crippen molar-refractivity contribution in [3.63, 3.8) is 0 Å². The number of rotatable bonds is 8. The normalized spacial score (nSPS) is 11.8. The molecule has 32 heavy (non-hydrogen) atoms. The third-order valence-electron chi connectivity index (χ3n) is 4.65. The molecule has 0 radical (unpaired) electrons. The van der Waals surface area contributed by atoms with Crippen LogP contribution < -0.4 is 21.0 Å². The number of aliphatic hydroxyl groups excluding tert-OH is 1. The van der Waals surface area contributed by atoms with Crippen LogP contribution in [0, 0.1) is 12.7 Å². The number of aliphatic hydroxyl groups is 1. The first-order valence-electron chi connectivity index (χ1n) is 9.56. The number of benzene rings is 2. The summed E-state index contributed by atoms with van der Waals surface area (Å²) < 4.78 is 23.5. The topological polar surface area (TPSA) is 118 Å². The van der Waals surface area contributed by atoms with Gasteiger partial charge in [0.1, 0.15) is 28.2 Å². The Kier molecular flexibility index (Phi) is 7.45. The summed E-state index contributed by atoms with van der Waals surface area (Å²) in [6.45, 7) is 0.728. The minimum atomic E-state index is -1.19. The van der Waals surface area contributed by atoms with Crippen molar-refractivity contribution in [3.8, 4) is 5.75 Å². The lowest BCUT2D eigenvalue weighted by Crippen LogP contribution is -2.49. The molecule has 0 aliphatic heterocycles. The molecule has 0 spiro atoms. The lowest BCUT2D eigenvalue weighted by atomic mass is 10.1. The van der Waals surface area contributed by atoms with E-state index < -0.39 is 42.5 Å². The molecule has 3 N–H and O–H groups in total. The van der Waals surface area contributed by atoms with Crippen LogP contribution in [0.5, 0.6) is 5.75 Å². The zero-order valence-electron chi connectivity index (χ0n) is 17.0. The minimum Gasteiger partial charge on any atom is -0.484 e. The van der Waals surface area contributed by atoms with Crippen molar-refractivity contribution >= 4 is 34.4 Å². The van der Waals surface area contributed by atoms with Crippen molar-refractivity contribution in [2.24, 2.45) is 0 Å². The summed E-state index contributed by atoms with van der Waals surface area (Å²) in [4.78, 5) is 36.1. The molecular weight excluding hydrogens is 443 g/mol. The minimum absolute atomic E-state index is 0.00158. The van der Waals surface area contributed by atoms with Gasteiger partial charge < -0.3 is 24.9 Å².